The Morgan fingerprint density at radius 2 is 1.65 bits per heavy atom. The summed E-state index contributed by atoms with van der Waals surface area (Å²) in [5.74, 6) is 0.412. The number of anilines is 1. The third kappa shape index (κ3) is 4.77. The molecule has 0 radical (unpaired) electrons. The van der Waals surface area contributed by atoms with Gasteiger partial charge in [-0.1, -0.05) is 41.9 Å². The normalized spacial score (nSPS) is 15.6. The molecule has 0 saturated carbocycles. The van der Waals surface area contributed by atoms with Gasteiger partial charge in [0.1, 0.15) is 0 Å². The van der Waals surface area contributed by atoms with Crippen LogP contribution in [0.15, 0.2) is 59.5 Å². The largest absolute Gasteiger partial charge is 0.367 e. The van der Waals surface area contributed by atoms with Gasteiger partial charge in [-0.25, -0.2) is 4.79 Å². The molecule has 0 aromatic heterocycles. The van der Waals surface area contributed by atoms with E-state index in [1.54, 1.807) is 4.90 Å². The van der Waals surface area contributed by atoms with Crippen LogP contribution in [0.4, 0.5) is 10.5 Å². The number of amides is 2. The molecule has 2 aromatic carbocycles. The van der Waals surface area contributed by atoms with Crippen molar-refractivity contribution in [2.24, 2.45) is 0 Å². The molecule has 0 bridgehead atoms. The first-order chi connectivity index (χ1) is 12.6. The molecule has 1 heterocycles. The molecule has 0 spiro atoms. The average molecular weight is 392 g/mol. The Bertz CT molecular complexity index is 764. The molecule has 1 aliphatic rings. The second kappa shape index (κ2) is 9.05. The molecule has 26 heavy (non-hydrogen) atoms. The minimum Gasteiger partial charge on any atom is -0.367 e. The molecule has 1 saturated heterocycles. The second-order valence-corrected chi connectivity index (χ2v) is 8.00. The molecule has 2 aromatic rings. The number of carbonyl (C=O) groups is 1. The van der Waals surface area contributed by atoms with Crippen LogP contribution in [0.5, 0.6) is 0 Å². The standard InChI is InChI=1S/C19H22ClN3O2S/c20-17-8-4-5-9-18(17)22-11-13-23(14-12-22)19(24)21-10-15-26(25)16-6-2-1-3-7-16/h1-9H,10-15H2,(H,21,24). The van der Waals surface area contributed by atoms with Crippen LogP contribution in [0.2, 0.25) is 5.02 Å². The maximum Gasteiger partial charge on any atom is 0.317 e. The first-order valence-electron chi connectivity index (χ1n) is 8.61. The summed E-state index contributed by atoms with van der Waals surface area (Å²) < 4.78 is 12.2. The Morgan fingerprint density at radius 1 is 1.00 bits per heavy atom. The topological polar surface area (TPSA) is 52.7 Å². The van der Waals surface area contributed by atoms with E-state index < -0.39 is 10.8 Å². The van der Waals surface area contributed by atoms with Crippen molar-refractivity contribution in [3.05, 3.63) is 59.6 Å². The number of carbonyl (C=O) groups excluding carboxylic acids is 1. The Morgan fingerprint density at radius 3 is 2.35 bits per heavy atom. The van der Waals surface area contributed by atoms with Gasteiger partial charge in [-0.05, 0) is 24.3 Å². The number of benzene rings is 2. The van der Waals surface area contributed by atoms with E-state index in [0.717, 1.165) is 28.7 Å². The van der Waals surface area contributed by atoms with E-state index in [4.69, 9.17) is 11.6 Å². The Kier molecular flexibility index (Phi) is 6.52. The number of para-hydroxylation sites is 1. The predicted octanol–water partition coefficient (Wildman–Crippen LogP) is 2.98. The van der Waals surface area contributed by atoms with Crippen LogP contribution < -0.4 is 10.2 Å². The van der Waals surface area contributed by atoms with Crippen LogP contribution in [-0.4, -0.2) is 53.6 Å². The molecule has 3 rings (SSSR count). The minimum atomic E-state index is -1.09. The fourth-order valence-corrected chi connectivity index (χ4v) is 4.15. The van der Waals surface area contributed by atoms with E-state index in [0.29, 0.717) is 25.4 Å². The summed E-state index contributed by atoms with van der Waals surface area (Å²) in [6, 6.07) is 17.0. The van der Waals surface area contributed by atoms with Gasteiger partial charge in [-0.3, -0.25) is 4.21 Å². The monoisotopic (exact) mass is 391 g/mol. The summed E-state index contributed by atoms with van der Waals surface area (Å²) in [4.78, 5) is 17.1. The summed E-state index contributed by atoms with van der Waals surface area (Å²) in [5.41, 5.74) is 1.01. The molecular formula is C19H22ClN3O2S. The van der Waals surface area contributed by atoms with Crippen LogP contribution in [0.3, 0.4) is 0 Å². The lowest BCUT2D eigenvalue weighted by atomic mass is 10.2. The van der Waals surface area contributed by atoms with Gasteiger partial charge < -0.3 is 15.1 Å². The first kappa shape index (κ1) is 18.7. The first-order valence-corrected chi connectivity index (χ1v) is 10.3. The number of nitrogens with one attached hydrogen (secondary N) is 1. The molecule has 5 nitrogen and oxygen atoms in total. The lowest BCUT2D eigenvalue weighted by Crippen LogP contribution is -2.52. The smallest absolute Gasteiger partial charge is 0.317 e. The molecule has 1 N–H and O–H groups in total. The second-order valence-electron chi connectivity index (χ2n) is 6.02. The van der Waals surface area contributed by atoms with Gasteiger partial charge >= 0.3 is 6.03 Å². The van der Waals surface area contributed by atoms with Crippen molar-refractivity contribution < 1.29 is 9.00 Å². The van der Waals surface area contributed by atoms with Crippen LogP contribution in [0, 0.1) is 0 Å². The van der Waals surface area contributed by atoms with Crippen LogP contribution >= 0.6 is 11.6 Å². The number of urea groups is 1. The van der Waals surface area contributed by atoms with E-state index in [1.165, 1.54) is 0 Å². The van der Waals surface area contributed by atoms with E-state index in [2.05, 4.69) is 10.2 Å². The van der Waals surface area contributed by atoms with Crippen molar-refractivity contribution in [2.75, 3.05) is 43.4 Å². The summed E-state index contributed by atoms with van der Waals surface area (Å²) in [6.07, 6.45) is 0. The number of hydrogen-bond acceptors (Lipinski definition) is 3. The number of piperazine rings is 1. The highest BCUT2D eigenvalue weighted by atomic mass is 35.5. The molecule has 0 aliphatic carbocycles. The van der Waals surface area contributed by atoms with Gasteiger partial charge in [-0.15, -0.1) is 0 Å². The fourth-order valence-electron chi connectivity index (χ4n) is 2.91. The molecule has 1 fully saturated rings. The summed E-state index contributed by atoms with van der Waals surface area (Å²) in [5, 5.41) is 3.60. The quantitative estimate of drug-likeness (QED) is 0.852. The summed E-state index contributed by atoms with van der Waals surface area (Å²) >= 11 is 6.24. The van der Waals surface area contributed by atoms with E-state index in [-0.39, 0.29) is 6.03 Å². The van der Waals surface area contributed by atoms with Gasteiger partial charge in [0.25, 0.3) is 0 Å². The van der Waals surface area contributed by atoms with E-state index >= 15 is 0 Å². The predicted molar refractivity (Wildman–Crippen MR) is 106 cm³/mol. The van der Waals surface area contributed by atoms with Crippen molar-refractivity contribution in [2.45, 2.75) is 4.90 Å². The van der Waals surface area contributed by atoms with Crippen molar-refractivity contribution >= 4 is 34.1 Å². The van der Waals surface area contributed by atoms with Gasteiger partial charge in [0.15, 0.2) is 0 Å². The zero-order valence-electron chi connectivity index (χ0n) is 14.4. The Balaban J connectivity index is 1.43. The van der Waals surface area contributed by atoms with Crippen molar-refractivity contribution in [3.8, 4) is 0 Å². The molecule has 7 heteroatoms. The van der Waals surface area contributed by atoms with Crippen LogP contribution in [0.1, 0.15) is 0 Å². The van der Waals surface area contributed by atoms with Crippen LogP contribution in [0.25, 0.3) is 0 Å². The zero-order chi connectivity index (χ0) is 18.4. The van der Waals surface area contributed by atoms with Crippen molar-refractivity contribution in [1.29, 1.82) is 0 Å². The van der Waals surface area contributed by atoms with E-state index in [9.17, 15) is 9.00 Å². The molecule has 1 aliphatic heterocycles. The zero-order valence-corrected chi connectivity index (χ0v) is 16.0. The SMILES string of the molecule is O=C(NCCS(=O)c1ccccc1)N1CCN(c2ccccc2Cl)CC1. The highest BCUT2D eigenvalue weighted by Crippen LogP contribution is 2.25. The lowest BCUT2D eigenvalue weighted by molar-refractivity contribution is 0.195. The molecule has 138 valence electrons. The maximum absolute atomic E-state index is 12.3. The summed E-state index contributed by atoms with van der Waals surface area (Å²) in [6.45, 7) is 3.16. The number of rotatable bonds is 5. The lowest BCUT2D eigenvalue weighted by Gasteiger charge is -2.36. The van der Waals surface area contributed by atoms with Gasteiger partial charge in [0.05, 0.1) is 21.5 Å². The number of nitrogens with zero attached hydrogens (tertiary/aromatic N) is 2. The molecule has 1 atom stereocenters. The van der Waals surface area contributed by atoms with Crippen LogP contribution in [-0.2, 0) is 10.8 Å². The Hall–Kier alpha value is -2.05. The Labute approximate surface area is 161 Å². The van der Waals surface area contributed by atoms with Gasteiger partial charge in [0.2, 0.25) is 0 Å². The van der Waals surface area contributed by atoms with Crippen molar-refractivity contribution in [1.82, 2.24) is 10.2 Å². The summed E-state index contributed by atoms with van der Waals surface area (Å²) in [7, 11) is -1.09. The highest BCUT2D eigenvalue weighted by molar-refractivity contribution is 7.85. The number of halogens is 1. The van der Waals surface area contributed by atoms with Gasteiger partial charge in [-0.2, -0.15) is 0 Å². The molecule has 1 unspecified atom stereocenters. The fraction of sp³-hybridized carbons (Fsp3) is 0.316. The highest BCUT2D eigenvalue weighted by Gasteiger charge is 2.22. The van der Waals surface area contributed by atoms with Gasteiger partial charge in [0, 0.05) is 43.4 Å². The van der Waals surface area contributed by atoms with Crippen molar-refractivity contribution in [3.63, 3.8) is 0 Å². The van der Waals surface area contributed by atoms with E-state index in [1.807, 2.05) is 54.6 Å². The number of hydrogen-bond donors (Lipinski definition) is 1. The minimum absolute atomic E-state index is 0.103. The third-order valence-electron chi connectivity index (χ3n) is 4.33. The molecular weight excluding hydrogens is 370 g/mol. The average Bonchev–Trinajstić information content (AvgIpc) is 2.69. The maximum atomic E-state index is 12.3. The molecule has 2 amide bonds. The third-order valence-corrected chi connectivity index (χ3v) is 6.02.